The van der Waals surface area contributed by atoms with Crippen molar-refractivity contribution < 1.29 is 20.1 Å². The molecule has 93 valence electrons. The maximum Gasteiger partial charge on any atom is 0.351 e. The minimum Gasteiger partial charge on any atom is -0.387 e. The molecule has 4 atom stereocenters. The van der Waals surface area contributed by atoms with E-state index in [1.165, 1.54) is 12.3 Å². The number of hydrogen-bond acceptors (Lipinski definition) is 7. The van der Waals surface area contributed by atoms with Crippen molar-refractivity contribution in [3.8, 4) is 0 Å². The number of aromatic nitrogens is 2. The lowest BCUT2D eigenvalue weighted by atomic mass is 10.1. The molecular weight excluding hydrogens is 230 g/mol. The van der Waals surface area contributed by atoms with Gasteiger partial charge in [0.15, 0.2) is 6.23 Å². The molecular formula is C9H12N3O5. The number of aliphatic hydroxyl groups excluding tert-OH is 3. The Hall–Kier alpha value is -1.48. The van der Waals surface area contributed by atoms with Crippen molar-refractivity contribution in [1.29, 1.82) is 0 Å². The van der Waals surface area contributed by atoms with E-state index in [0.717, 1.165) is 4.57 Å². The van der Waals surface area contributed by atoms with Crippen LogP contribution < -0.4 is 11.4 Å². The monoisotopic (exact) mass is 242 g/mol. The summed E-state index contributed by atoms with van der Waals surface area (Å²) >= 11 is 0. The molecule has 0 saturated carbocycles. The fraction of sp³-hybridized carbons (Fsp3) is 0.444. The molecule has 0 spiro atoms. The van der Waals surface area contributed by atoms with Gasteiger partial charge in [0, 0.05) is 6.20 Å². The number of aliphatic hydroxyl groups is 3. The van der Waals surface area contributed by atoms with Crippen molar-refractivity contribution in [2.24, 2.45) is 0 Å². The third kappa shape index (κ3) is 2.03. The van der Waals surface area contributed by atoms with E-state index < -0.39 is 30.2 Å². The van der Waals surface area contributed by atoms with Gasteiger partial charge in [-0.15, -0.1) is 0 Å². The van der Waals surface area contributed by atoms with Gasteiger partial charge in [-0.25, -0.2) is 4.79 Å². The van der Waals surface area contributed by atoms with E-state index >= 15 is 0 Å². The predicted molar refractivity (Wildman–Crippen MR) is 55.1 cm³/mol. The summed E-state index contributed by atoms with van der Waals surface area (Å²) < 4.78 is 6.11. The number of nitrogens with two attached hydrogens (primary N) is 1. The molecule has 1 saturated heterocycles. The smallest absolute Gasteiger partial charge is 0.351 e. The van der Waals surface area contributed by atoms with Gasteiger partial charge in [-0.2, -0.15) is 4.98 Å². The summed E-state index contributed by atoms with van der Waals surface area (Å²) in [4.78, 5) is 15.0. The maximum absolute atomic E-state index is 11.5. The van der Waals surface area contributed by atoms with Gasteiger partial charge in [-0.1, -0.05) is 0 Å². The highest BCUT2D eigenvalue weighted by Gasteiger charge is 2.43. The van der Waals surface area contributed by atoms with Crippen molar-refractivity contribution in [3.63, 3.8) is 0 Å². The summed E-state index contributed by atoms with van der Waals surface area (Å²) in [6.45, 7) is 0.615. The maximum atomic E-state index is 11.5. The zero-order chi connectivity index (χ0) is 12.6. The molecule has 0 amide bonds. The third-order valence-corrected chi connectivity index (χ3v) is 2.55. The molecule has 17 heavy (non-hydrogen) atoms. The Balaban J connectivity index is 2.32. The van der Waals surface area contributed by atoms with Gasteiger partial charge in [0.2, 0.25) is 0 Å². The lowest BCUT2D eigenvalue weighted by Gasteiger charge is -2.16. The third-order valence-electron chi connectivity index (χ3n) is 2.55. The van der Waals surface area contributed by atoms with E-state index in [-0.39, 0.29) is 5.82 Å². The standard InChI is InChI=1S/C9H12N3O5/c10-5-1-2-12(9(16)11-5)8-7(15)6(14)4(3-13)17-8/h1-4,6-8,13-15H,(H2,10,11,16)/t4-,6-,7-,8-/m1/s1. The second-order valence-corrected chi connectivity index (χ2v) is 3.66. The first-order valence-corrected chi connectivity index (χ1v) is 4.88. The number of nitrogens with zero attached hydrogens (tertiary/aromatic N) is 2. The lowest BCUT2D eigenvalue weighted by molar-refractivity contribution is -0.0408. The average Bonchev–Trinajstić information content (AvgIpc) is 2.57. The molecule has 0 aliphatic carbocycles. The summed E-state index contributed by atoms with van der Waals surface area (Å²) in [6.07, 6.45) is -3.52. The van der Waals surface area contributed by atoms with Crippen LogP contribution in [0.25, 0.3) is 0 Å². The first kappa shape index (κ1) is 12.0. The summed E-state index contributed by atoms with van der Waals surface area (Å²) in [5.41, 5.74) is 4.61. The fourth-order valence-electron chi connectivity index (χ4n) is 1.66. The van der Waals surface area contributed by atoms with Crippen LogP contribution in [0, 0.1) is 6.61 Å². The van der Waals surface area contributed by atoms with Crippen LogP contribution in [0.1, 0.15) is 6.23 Å². The topological polar surface area (TPSA) is 131 Å². The van der Waals surface area contributed by atoms with Gasteiger partial charge in [0.05, 0.1) is 0 Å². The Morgan fingerprint density at radius 2 is 2.18 bits per heavy atom. The fourth-order valence-corrected chi connectivity index (χ4v) is 1.66. The van der Waals surface area contributed by atoms with Gasteiger partial charge in [-0.3, -0.25) is 4.57 Å². The first-order valence-electron chi connectivity index (χ1n) is 4.88. The van der Waals surface area contributed by atoms with Crippen LogP contribution in [0.15, 0.2) is 17.1 Å². The van der Waals surface area contributed by atoms with E-state index in [0.29, 0.717) is 6.61 Å². The molecule has 1 aliphatic heterocycles. The minimum atomic E-state index is -1.34. The molecule has 8 nitrogen and oxygen atoms in total. The second kappa shape index (κ2) is 4.41. The van der Waals surface area contributed by atoms with Gasteiger partial charge in [-0.05, 0) is 6.07 Å². The molecule has 1 aromatic rings. The van der Waals surface area contributed by atoms with Crippen molar-refractivity contribution in [2.45, 2.75) is 24.5 Å². The SMILES string of the molecule is Nc1ccn([C@@H]2O[C@H]([CH]O)[C@@H](O)[C@H]2O)c(=O)n1. The number of rotatable bonds is 2. The molecule has 8 heteroatoms. The van der Waals surface area contributed by atoms with Crippen molar-refractivity contribution in [1.82, 2.24) is 9.55 Å². The number of ether oxygens (including phenoxy) is 1. The normalized spacial score (nSPS) is 32.9. The van der Waals surface area contributed by atoms with E-state index in [2.05, 4.69) is 4.98 Å². The largest absolute Gasteiger partial charge is 0.387 e. The van der Waals surface area contributed by atoms with E-state index in [9.17, 15) is 15.0 Å². The van der Waals surface area contributed by atoms with E-state index in [1.54, 1.807) is 0 Å². The second-order valence-electron chi connectivity index (χ2n) is 3.66. The van der Waals surface area contributed by atoms with Crippen LogP contribution in [0.3, 0.4) is 0 Å². The van der Waals surface area contributed by atoms with Crippen LogP contribution >= 0.6 is 0 Å². The summed E-state index contributed by atoms with van der Waals surface area (Å²) in [5, 5.41) is 28.0. The number of anilines is 1. The number of hydrogen-bond donors (Lipinski definition) is 4. The van der Waals surface area contributed by atoms with Crippen LogP contribution in [-0.2, 0) is 4.74 Å². The van der Waals surface area contributed by atoms with Crippen molar-refractivity contribution >= 4 is 5.82 Å². The summed E-state index contributed by atoms with van der Waals surface area (Å²) in [5.74, 6) is 0.0459. The van der Waals surface area contributed by atoms with E-state index in [4.69, 9.17) is 15.6 Å². The zero-order valence-electron chi connectivity index (χ0n) is 8.67. The quantitative estimate of drug-likeness (QED) is 0.470. The Kier molecular flexibility index (Phi) is 3.11. The average molecular weight is 242 g/mol. The Morgan fingerprint density at radius 3 is 2.71 bits per heavy atom. The van der Waals surface area contributed by atoms with Crippen molar-refractivity contribution in [3.05, 3.63) is 29.4 Å². The van der Waals surface area contributed by atoms with Gasteiger partial charge >= 0.3 is 5.69 Å². The van der Waals surface area contributed by atoms with Gasteiger partial charge in [0.1, 0.15) is 30.7 Å². The van der Waals surface area contributed by atoms with Gasteiger partial charge < -0.3 is 25.8 Å². The van der Waals surface area contributed by atoms with Crippen LogP contribution in [0.4, 0.5) is 5.82 Å². The molecule has 1 radical (unpaired) electrons. The number of nitrogen functional groups attached to an aromatic ring is 1. The molecule has 1 fully saturated rings. The lowest BCUT2D eigenvalue weighted by Crippen LogP contribution is -2.35. The minimum absolute atomic E-state index is 0.0459. The Morgan fingerprint density at radius 1 is 1.47 bits per heavy atom. The molecule has 5 N–H and O–H groups in total. The summed E-state index contributed by atoms with van der Waals surface area (Å²) in [7, 11) is 0. The summed E-state index contributed by atoms with van der Waals surface area (Å²) in [6, 6.07) is 1.36. The molecule has 1 aliphatic rings. The van der Waals surface area contributed by atoms with E-state index in [1.807, 2.05) is 0 Å². The molecule has 2 rings (SSSR count). The highest BCUT2D eigenvalue weighted by atomic mass is 16.6. The Bertz CT molecular complexity index is 462. The van der Waals surface area contributed by atoms with Crippen molar-refractivity contribution in [2.75, 3.05) is 5.73 Å². The Labute approximate surface area is 95.9 Å². The highest BCUT2D eigenvalue weighted by Crippen LogP contribution is 2.28. The zero-order valence-corrected chi connectivity index (χ0v) is 8.67. The predicted octanol–water partition coefficient (Wildman–Crippen LogP) is -2.02. The molecule has 0 unspecified atom stereocenters. The highest BCUT2D eigenvalue weighted by molar-refractivity contribution is 5.23. The molecule has 0 aromatic carbocycles. The molecule has 0 bridgehead atoms. The van der Waals surface area contributed by atoms with Crippen LogP contribution in [0.2, 0.25) is 0 Å². The van der Waals surface area contributed by atoms with Gasteiger partial charge in [0.25, 0.3) is 0 Å². The molecule has 1 aromatic heterocycles. The van der Waals surface area contributed by atoms with Crippen LogP contribution in [0.5, 0.6) is 0 Å². The first-order chi connectivity index (χ1) is 8.04. The molecule has 2 heterocycles. The van der Waals surface area contributed by atoms with Crippen LogP contribution in [-0.4, -0.2) is 43.2 Å².